The molecule has 0 saturated heterocycles. The number of amides is 1. The molecule has 3 nitrogen and oxygen atoms in total. The number of ether oxygens (including phenoxy) is 1. The predicted molar refractivity (Wildman–Crippen MR) is 87.4 cm³/mol. The first kappa shape index (κ1) is 14.9. The Kier molecular flexibility index (Phi) is 4.34. The molecule has 1 saturated carbocycles. The monoisotopic (exact) mass is 315 g/mol. The molecule has 1 aliphatic rings. The number of halogens is 1. The van der Waals surface area contributed by atoms with Crippen molar-refractivity contribution in [2.24, 2.45) is 5.92 Å². The molecule has 0 heterocycles. The van der Waals surface area contributed by atoms with Crippen molar-refractivity contribution in [2.75, 3.05) is 7.11 Å². The molecule has 1 unspecified atom stereocenters. The number of para-hydroxylation sites is 1. The summed E-state index contributed by atoms with van der Waals surface area (Å²) in [5, 5.41) is 3.85. The summed E-state index contributed by atoms with van der Waals surface area (Å²) in [6, 6.07) is 15.0. The summed E-state index contributed by atoms with van der Waals surface area (Å²) in [4.78, 5) is 12.6. The number of nitrogens with one attached hydrogen (secondary N) is 1. The molecule has 0 bridgehead atoms. The number of carbonyl (C=O) groups is 1. The second-order valence-corrected chi connectivity index (χ2v) is 5.98. The third kappa shape index (κ3) is 3.25. The van der Waals surface area contributed by atoms with E-state index in [1.165, 1.54) is 0 Å². The van der Waals surface area contributed by atoms with E-state index in [9.17, 15) is 4.79 Å². The second-order valence-electron chi connectivity index (χ2n) is 5.54. The van der Waals surface area contributed by atoms with Crippen LogP contribution in [0.15, 0.2) is 48.5 Å². The molecule has 22 heavy (non-hydrogen) atoms. The highest BCUT2D eigenvalue weighted by Crippen LogP contribution is 2.41. The molecule has 1 aliphatic carbocycles. The quantitative estimate of drug-likeness (QED) is 0.896. The number of methoxy groups -OCH3 is 1. The fourth-order valence-electron chi connectivity index (χ4n) is 2.62. The van der Waals surface area contributed by atoms with Gasteiger partial charge in [-0.2, -0.15) is 0 Å². The third-order valence-corrected chi connectivity index (χ3v) is 4.21. The molecule has 114 valence electrons. The van der Waals surface area contributed by atoms with Crippen molar-refractivity contribution >= 4 is 17.5 Å². The van der Waals surface area contributed by atoms with Gasteiger partial charge in [-0.3, -0.25) is 4.79 Å². The van der Waals surface area contributed by atoms with Crippen LogP contribution in [0.5, 0.6) is 5.75 Å². The van der Waals surface area contributed by atoms with Gasteiger partial charge in [0.05, 0.1) is 18.7 Å². The lowest BCUT2D eigenvalue weighted by molar-refractivity contribution is 0.0928. The van der Waals surface area contributed by atoms with E-state index in [-0.39, 0.29) is 11.9 Å². The van der Waals surface area contributed by atoms with E-state index in [0.29, 0.717) is 22.3 Å². The van der Waals surface area contributed by atoms with Gasteiger partial charge in [-0.25, -0.2) is 0 Å². The summed E-state index contributed by atoms with van der Waals surface area (Å²) in [6.45, 7) is 0. The molecule has 1 amide bonds. The molecule has 0 aliphatic heterocycles. The fraction of sp³-hybridized carbons (Fsp3) is 0.278. The van der Waals surface area contributed by atoms with Crippen molar-refractivity contribution in [1.29, 1.82) is 0 Å². The van der Waals surface area contributed by atoms with E-state index in [4.69, 9.17) is 16.3 Å². The Bertz CT molecular complexity index is 665. The molecule has 0 aromatic heterocycles. The lowest BCUT2D eigenvalue weighted by Gasteiger charge is -2.19. The maximum Gasteiger partial charge on any atom is 0.255 e. The summed E-state index contributed by atoms with van der Waals surface area (Å²) in [5.74, 6) is 0.981. The van der Waals surface area contributed by atoms with Crippen molar-refractivity contribution in [3.63, 3.8) is 0 Å². The summed E-state index contributed by atoms with van der Waals surface area (Å²) in [5.41, 5.74) is 1.65. The van der Waals surface area contributed by atoms with Crippen LogP contribution in [0.4, 0.5) is 0 Å². The Labute approximate surface area is 135 Å². The highest BCUT2D eigenvalue weighted by Gasteiger charge is 2.33. The first-order valence-corrected chi connectivity index (χ1v) is 7.76. The van der Waals surface area contributed by atoms with Gasteiger partial charge in [-0.05, 0) is 48.6 Å². The zero-order valence-corrected chi connectivity index (χ0v) is 13.1. The van der Waals surface area contributed by atoms with Gasteiger partial charge in [-0.1, -0.05) is 35.9 Å². The lowest BCUT2D eigenvalue weighted by atomic mass is 10.0. The zero-order chi connectivity index (χ0) is 15.5. The average molecular weight is 316 g/mol. The normalized spacial score (nSPS) is 15.2. The molecule has 3 rings (SSSR count). The number of hydrogen-bond donors (Lipinski definition) is 1. The highest BCUT2D eigenvalue weighted by atomic mass is 35.5. The van der Waals surface area contributed by atoms with Crippen LogP contribution in [-0.2, 0) is 0 Å². The van der Waals surface area contributed by atoms with Crippen molar-refractivity contribution < 1.29 is 9.53 Å². The summed E-state index contributed by atoms with van der Waals surface area (Å²) >= 11 is 5.95. The first-order chi connectivity index (χ1) is 10.7. The summed E-state index contributed by atoms with van der Waals surface area (Å²) in [6.07, 6.45) is 2.28. The minimum Gasteiger partial charge on any atom is -0.496 e. The highest BCUT2D eigenvalue weighted by molar-refractivity contribution is 6.30. The van der Waals surface area contributed by atoms with Crippen LogP contribution in [0.2, 0.25) is 5.02 Å². The Morgan fingerprint density at radius 2 is 1.86 bits per heavy atom. The number of benzene rings is 2. The molecule has 2 aromatic carbocycles. The Morgan fingerprint density at radius 1 is 1.18 bits per heavy atom. The van der Waals surface area contributed by atoms with E-state index in [1.807, 2.05) is 36.4 Å². The molecular weight excluding hydrogens is 298 g/mol. The van der Waals surface area contributed by atoms with E-state index in [2.05, 4.69) is 5.32 Å². The number of rotatable bonds is 5. The van der Waals surface area contributed by atoms with E-state index < -0.39 is 0 Å². The first-order valence-electron chi connectivity index (χ1n) is 7.38. The Balaban J connectivity index is 1.82. The van der Waals surface area contributed by atoms with Gasteiger partial charge in [-0.15, -0.1) is 0 Å². The van der Waals surface area contributed by atoms with Crippen LogP contribution >= 0.6 is 11.6 Å². The van der Waals surface area contributed by atoms with Crippen molar-refractivity contribution in [1.82, 2.24) is 5.32 Å². The van der Waals surface area contributed by atoms with Gasteiger partial charge < -0.3 is 10.1 Å². The minimum atomic E-state index is -0.107. The molecule has 0 spiro atoms. The van der Waals surface area contributed by atoms with Crippen LogP contribution < -0.4 is 10.1 Å². The van der Waals surface area contributed by atoms with Crippen LogP contribution in [0, 0.1) is 5.92 Å². The largest absolute Gasteiger partial charge is 0.496 e. The maximum atomic E-state index is 12.6. The van der Waals surface area contributed by atoms with Gasteiger partial charge in [0.1, 0.15) is 5.75 Å². The van der Waals surface area contributed by atoms with Crippen LogP contribution in [-0.4, -0.2) is 13.0 Å². The minimum absolute atomic E-state index is 0.0229. The molecule has 4 heteroatoms. The van der Waals surface area contributed by atoms with E-state index in [1.54, 1.807) is 19.2 Å². The standard InChI is InChI=1S/C18H18ClNO2/c1-22-16-5-3-2-4-15(16)18(21)20-17(12-6-7-12)13-8-10-14(19)11-9-13/h2-5,8-12,17H,6-7H2,1H3,(H,20,21). The smallest absolute Gasteiger partial charge is 0.255 e. The Hall–Kier alpha value is -2.00. The average Bonchev–Trinajstić information content (AvgIpc) is 3.38. The van der Waals surface area contributed by atoms with Crippen LogP contribution in [0.25, 0.3) is 0 Å². The molecule has 2 aromatic rings. The molecule has 1 N–H and O–H groups in total. The lowest BCUT2D eigenvalue weighted by Crippen LogP contribution is -2.30. The van der Waals surface area contributed by atoms with Gasteiger partial charge in [0.15, 0.2) is 0 Å². The van der Waals surface area contributed by atoms with Gasteiger partial charge in [0, 0.05) is 5.02 Å². The molecule has 0 radical (unpaired) electrons. The van der Waals surface area contributed by atoms with Crippen molar-refractivity contribution in [3.05, 3.63) is 64.7 Å². The number of carbonyl (C=O) groups excluding carboxylic acids is 1. The third-order valence-electron chi connectivity index (χ3n) is 3.96. The van der Waals surface area contributed by atoms with Gasteiger partial charge in [0.25, 0.3) is 5.91 Å². The van der Waals surface area contributed by atoms with Crippen LogP contribution in [0.1, 0.15) is 34.8 Å². The van der Waals surface area contributed by atoms with Crippen molar-refractivity contribution in [2.45, 2.75) is 18.9 Å². The topological polar surface area (TPSA) is 38.3 Å². The SMILES string of the molecule is COc1ccccc1C(=O)NC(c1ccc(Cl)cc1)C1CC1. The maximum absolute atomic E-state index is 12.6. The van der Waals surface area contributed by atoms with E-state index >= 15 is 0 Å². The van der Waals surface area contributed by atoms with Gasteiger partial charge in [0.2, 0.25) is 0 Å². The summed E-state index contributed by atoms with van der Waals surface area (Å²) < 4.78 is 5.27. The van der Waals surface area contributed by atoms with Crippen LogP contribution in [0.3, 0.4) is 0 Å². The zero-order valence-electron chi connectivity index (χ0n) is 12.4. The fourth-order valence-corrected chi connectivity index (χ4v) is 2.75. The molecular formula is C18H18ClNO2. The molecule has 1 atom stereocenters. The van der Waals surface area contributed by atoms with Gasteiger partial charge >= 0.3 is 0 Å². The van der Waals surface area contributed by atoms with E-state index in [0.717, 1.165) is 18.4 Å². The second kappa shape index (κ2) is 6.41. The molecule has 1 fully saturated rings. The summed E-state index contributed by atoms with van der Waals surface area (Å²) in [7, 11) is 1.57. The number of hydrogen-bond acceptors (Lipinski definition) is 2. The predicted octanol–water partition coefficient (Wildman–Crippen LogP) is 4.23. The van der Waals surface area contributed by atoms with Crippen molar-refractivity contribution in [3.8, 4) is 5.75 Å². The Morgan fingerprint density at radius 3 is 2.50 bits per heavy atom.